The van der Waals surface area contributed by atoms with Gasteiger partial charge in [0.25, 0.3) is 11.4 Å². The summed E-state index contributed by atoms with van der Waals surface area (Å²) in [7, 11) is 0. The first-order valence-corrected chi connectivity index (χ1v) is 7.74. The average Bonchev–Trinajstić information content (AvgIpc) is 2.60. The van der Waals surface area contributed by atoms with Gasteiger partial charge in [0.05, 0.1) is 9.85 Å². The molecule has 0 aliphatic carbocycles. The zero-order valence-electron chi connectivity index (χ0n) is 14.2. The lowest BCUT2D eigenvalue weighted by Crippen LogP contribution is -2.17. The SMILES string of the molecule is CC(C(=O)C(C)c1ccc(N)c([N+](=O)[O-])c1)c1ccc(N)c([N+](=O)[O-])c1. The lowest BCUT2D eigenvalue weighted by Gasteiger charge is -2.17. The van der Waals surface area contributed by atoms with Gasteiger partial charge < -0.3 is 11.5 Å². The second kappa shape index (κ2) is 7.18. The average molecular weight is 358 g/mol. The molecule has 0 fully saturated rings. The van der Waals surface area contributed by atoms with Crippen molar-refractivity contribution in [1.82, 2.24) is 0 Å². The highest BCUT2D eigenvalue weighted by molar-refractivity contribution is 5.91. The molecule has 2 atom stereocenters. The van der Waals surface area contributed by atoms with Crippen LogP contribution in [-0.4, -0.2) is 15.6 Å². The molecule has 0 amide bonds. The predicted molar refractivity (Wildman–Crippen MR) is 96.9 cm³/mol. The molecule has 2 unspecified atom stereocenters. The number of nitro groups is 2. The van der Waals surface area contributed by atoms with Crippen LogP contribution in [0.25, 0.3) is 0 Å². The molecule has 0 bridgehead atoms. The van der Waals surface area contributed by atoms with E-state index in [4.69, 9.17) is 11.5 Å². The van der Waals surface area contributed by atoms with Crippen LogP contribution >= 0.6 is 0 Å². The topological polar surface area (TPSA) is 155 Å². The van der Waals surface area contributed by atoms with Gasteiger partial charge >= 0.3 is 0 Å². The van der Waals surface area contributed by atoms with Crippen molar-refractivity contribution in [3.8, 4) is 0 Å². The Bertz CT molecular complexity index is 825. The van der Waals surface area contributed by atoms with Crippen LogP contribution in [0.3, 0.4) is 0 Å². The summed E-state index contributed by atoms with van der Waals surface area (Å²) < 4.78 is 0. The number of rotatable bonds is 6. The quantitative estimate of drug-likeness (QED) is 0.456. The molecule has 0 saturated heterocycles. The van der Waals surface area contributed by atoms with Gasteiger partial charge in [0, 0.05) is 24.0 Å². The highest BCUT2D eigenvalue weighted by Crippen LogP contribution is 2.32. The molecule has 2 aromatic carbocycles. The minimum Gasteiger partial charge on any atom is -0.393 e. The van der Waals surface area contributed by atoms with Gasteiger partial charge in [-0.05, 0) is 23.3 Å². The number of ketones is 1. The van der Waals surface area contributed by atoms with Crippen LogP contribution < -0.4 is 11.5 Å². The fourth-order valence-electron chi connectivity index (χ4n) is 2.68. The molecule has 0 heterocycles. The van der Waals surface area contributed by atoms with Crippen molar-refractivity contribution in [1.29, 1.82) is 0 Å². The highest BCUT2D eigenvalue weighted by Gasteiger charge is 2.26. The number of nitrogens with two attached hydrogens (primary N) is 2. The first-order chi connectivity index (χ1) is 12.1. The van der Waals surface area contributed by atoms with E-state index < -0.39 is 21.7 Å². The maximum absolute atomic E-state index is 12.8. The number of benzene rings is 2. The summed E-state index contributed by atoms with van der Waals surface area (Å²) in [6, 6.07) is 8.43. The maximum Gasteiger partial charge on any atom is 0.292 e. The van der Waals surface area contributed by atoms with Gasteiger partial charge in [-0.15, -0.1) is 0 Å². The molecule has 0 aromatic heterocycles. The number of hydrogen-bond donors (Lipinski definition) is 2. The first-order valence-electron chi connectivity index (χ1n) is 7.74. The fraction of sp³-hybridized carbons (Fsp3) is 0.235. The van der Waals surface area contributed by atoms with Crippen LogP contribution in [0.1, 0.15) is 36.8 Å². The highest BCUT2D eigenvalue weighted by atomic mass is 16.6. The number of anilines is 2. The molecular weight excluding hydrogens is 340 g/mol. The van der Waals surface area contributed by atoms with Gasteiger partial charge in [0.15, 0.2) is 0 Å². The molecule has 0 aliphatic heterocycles. The van der Waals surface area contributed by atoms with E-state index in [1.807, 2.05) is 0 Å². The number of nitrogen functional groups attached to an aromatic ring is 2. The Morgan fingerprint density at radius 2 is 1.19 bits per heavy atom. The van der Waals surface area contributed by atoms with Crippen LogP contribution in [0, 0.1) is 20.2 Å². The lowest BCUT2D eigenvalue weighted by atomic mass is 9.85. The third-order valence-corrected chi connectivity index (χ3v) is 4.36. The van der Waals surface area contributed by atoms with Crippen LogP contribution in [0.5, 0.6) is 0 Å². The minimum atomic E-state index is -0.652. The molecule has 0 spiro atoms. The van der Waals surface area contributed by atoms with Gasteiger partial charge in [-0.2, -0.15) is 0 Å². The van der Waals surface area contributed by atoms with E-state index in [0.717, 1.165) is 0 Å². The Hall–Kier alpha value is -3.49. The molecule has 2 aromatic rings. The summed E-state index contributed by atoms with van der Waals surface area (Å²) in [4.78, 5) is 33.6. The summed E-state index contributed by atoms with van der Waals surface area (Å²) in [5, 5.41) is 22.0. The Morgan fingerprint density at radius 1 is 0.846 bits per heavy atom. The molecule has 136 valence electrons. The van der Waals surface area contributed by atoms with E-state index in [-0.39, 0.29) is 28.5 Å². The molecule has 0 aliphatic rings. The summed E-state index contributed by atoms with van der Waals surface area (Å²) in [5.41, 5.74) is 11.5. The second-order valence-corrected chi connectivity index (χ2v) is 6.00. The van der Waals surface area contributed by atoms with Crippen molar-refractivity contribution in [2.45, 2.75) is 25.7 Å². The van der Waals surface area contributed by atoms with Crippen molar-refractivity contribution in [2.24, 2.45) is 0 Å². The molecule has 9 nitrogen and oxygen atoms in total. The Kier molecular flexibility index (Phi) is 5.20. The molecule has 26 heavy (non-hydrogen) atoms. The van der Waals surface area contributed by atoms with Gasteiger partial charge in [-0.3, -0.25) is 25.0 Å². The van der Waals surface area contributed by atoms with E-state index in [1.54, 1.807) is 26.0 Å². The van der Waals surface area contributed by atoms with Crippen molar-refractivity contribution in [3.63, 3.8) is 0 Å². The first kappa shape index (κ1) is 18.8. The second-order valence-electron chi connectivity index (χ2n) is 6.00. The van der Waals surface area contributed by atoms with E-state index in [9.17, 15) is 25.0 Å². The molecule has 9 heteroatoms. The third kappa shape index (κ3) is 3.61. The van der Waals surface area contributed by atoms with Crippen LogP contribution in [-0.2, 0) is 4.79 Å². The van der Waals surface area contributed by atoms with Gasteiger partial charge in [0.1, 0.15) is 17.2 Å². The smallest absolute Gasteiger partial charge is 0.292 e. The van der Waals surface area contributed by atoms with E-state index in [2.05, 4.69) is 0 Å². The summed E-state index contributed by atoms with van der Waals surface area (Å²) in [6.45, 7) is 3.25. The lowest BCUT2D eigenvalue weighted by molar-refractivity contribution is -0.384. The third-order valence-electron chi connectivity index (χ3n) is 4.36. The van der Waals surface area contributed by atoms with Crippen LogP contribution in [0.2, 0.25) is 0 Å². The minimum absolute atomic E-state index is 0.0145. The van der Waals surface area contributed by atoms with Gasteiger partial charge in [-0.1, -0.05) is 26.0 Å². The Morgan fingerprint density at radius 3 is 1.50 bits per heavy atom. The van der Waals surface area contributed by atoms with E-state index >= 15 is 0 Å². The van der Waals surface area contributed by atoms with Crippen LogP contribution in [0.15, 0.2) is 36.4 Å². The number of nitrogens with zero attached hydrogens (tertiary/aromatic N) is 2. The van der Waals surface area contributed by atoms with Gasteiger partial charge in [0.2, 0.25) is 0 Å². The molecule has 0 saturated carbocycles. The van der Waals surface area contributed by atoms with Crippen LogP contribution in [0.4, 0.5) is 22.7 Å². The zero-order chi connectivity index (χ0) is 19.6. The summed E-state index contributed by atoms with van der Waals surface area (Å²) >= 11 is 0. The molecular formula is C17H18N4O5. The van der Waals surface area contributed by atoms with Crippen molar-refractivity contribution in [2.75, 3.05) is 11.5 Å². The fourth-order valence-corrected chi connectivity index (χ4v) is 2.68. The summed E-state index contributed by atoms with van der Waals surface area (Å²) in [6.07, 6.45) is 0. The molecule has 2 rings (SSSR count). The number of nitro benzene ring substituents is 2. The zero-order valence-corrected chi connectivity index (χ0v) is 14.2. The Labute approximate surface area is 148 Å². The normalized spacial score (nSPS) is 13.0. The number of hydrogen-bond acceptors (Lipinski definition) is 7. The van der Waals surface area contributed by atoms with Gasteiger partial charge in [-0.25, -0.2) is 0 Å². The van der Waals surface area contributed by atoms with E-state index in [1.165, 1.54) is 24.3 Å². The monoisotopic (exact) mass is 358 g/mol. The Balaban J connectivity index is 2.33. The largest absolute Gasteiger partial charge is 0.393 e. The van der Waals surface area contributed by atoms with Crippen molar-refractivity contribution in [3.05, 3.63) is 67.8 Å². The maximum atomic E-state index is 12.8. The summed E-state index contributed by atoms with van der Waals surface area (Å²) in [5.74, 6) is -1.54. The standard InChI is InChI=1S/C17H18N4O5/c1-9(11-3-5-13(18)15(7-11)20(23)24)17(22)10(2)12-4-6-14(19)16(8-12)21(25)26/h3-10H,18-19H2,1-2H3. The molecule has 4 N–H and O–H groups in total. The number of Topliss-reactive ketones (excluding diaryl/α,β-unsaturated/α-hetero) is 1. The number of carbonyl (C=O) groups is 1. The van der Waals surface area contributed by atoms with Crippen molar-refractivity contribution < 1.29 is 14.6 Å². The molecule has 0 radical (unpaired) electrons. The van der Waals surface area contributed by atoms with Crippen molar-refractivity contribution >= 4 is 28.5 Å². The number of carbonyl (C=O) groups excluding carboxylic acids is 1. The van der Waals surface area contributed by atoms with E-state index in [0.29, 0.717) is 11.1 Å². The predicted octanol–water partition coefficient (Wildman–Crippen LogP) is 3.14.